The number of rotatable bonds is 5. The molecule has 1 atom stereocenters. The molecular weight excluding hydrogens is 229 g/mol. The van der Waals surface area contributed by atoms with E-state index in [-0.39, 0.29) is 23.1 Å². The highest BCUT2D eigenvalue weighted by molar-refractivity contribution is 6.30. The predicted molar refractivity (Wildman–Crippen MR) is 63.0 cm³/mol. The maximum atomic E-state index is 13.5. The van der Waals surface area contributed by atoms with Crippen molar-refractivity contribution in [2.75, 3.05) is 6.54 Å². The molecule has 88 valence electrons. The molecular formula is C12H15ClFNO. The van der Waals surface area contributed by atoms with Crippen LogP contribution < -0.4 is 5.73 Å². The first-order chi connectivity index (χ1) is 7.56. The van der Waals surface area contributed by atoms with Crippen molar-refractivity contribution >= 4 is 17.4 Å². The van der Waals surface area contributed by atoms with Crippen molar-refractivity contribution in [3.63, 3.8) is 0 Å². The number of hydrogen-bond donors (Lipinski definition) is 1. The molecule has 0 aromatic heterocycles. The standard InChI is InChI=1S/C12H15ClFNO/c1-8(5-6-15)11(16)7-9-3-2-4-10(13)12(9)14/h2-4,8H,5-7,15H2,1H3. The number of nitrogens with two attached hydrogens (primary N) is 1. The summed E-state index contributed by atoms with van der Waals surface area (Å²) in [5.41, 5.74) is 5.72. The van der Waals surface area contributed by atoms with Crippen molar-refractivity contribution in [1.29, 1.82) is 0 Å². The van der Waals surface area contributed by atoms with E-state index < -0.39 is 5.82 Å². The molecule has 2 N–H and O–H groups in total. The number of benzene rings is 1. The van der Waals surface area contributed by atoms with Crippen LogP contribution in [0.15, 0.2) is 18.2 Å². The zero-order valence-electron chi connectivity index (χ0n) is 9.17. The molecule has 0 radical (unpaired) electrons. The quantitative estimate of drug-likeness (QED) is 0.864. The van der Waals surface area contributed by atoms with Crippen LogP contribution in [0.1, 0.15) is 18.9 Å². The molecule has 1 rings (SSSR count). The van der Waals surface area contributed by atoms with E-state index in [1.54, 1.807) is 19.1 Å². The third kappa shape index (κ3) is 3.29. The minimum atomic E-state index is -0.502. The molecule has 0 aliphatic heterocycles. The molecule has 0 bridgehead atoms. The molecule has 4 heteroatoms. The van der Waals surface area contributed by atoms with Gasteiger partial charge in [0, 0.05) is 12.3 Å². The van der Waals surface area contributed by atoms with E-state index in [4.69, 9.17) is 17.3 Å². The molecule has 0 spiro atoms. The molecule has 0 aliphatic carbocycles. The van der Waals surface area contributed by atoms with Crippen molar-refractivity contribution in [2.45, 2.75) is 19.8 Å². The average molecular weight is 244 g/mol. The SMILES string of the molecule is CC(CCN)C(=O)Cc1cccc(Cl)c1F. The Hall–Kier alpha value is -0.930. The van der Waals surface area contributed by atoms with Crippen LogP contribution in [0.2, 0.25) is 5.02 Å². The molecule has 2 nitrogen and oxygen atoms in total. The van der Waals surface area contributed by atoms with Crippen molar-refractivity contribution in [3.8, 4) is 0 Å². The molecule has 0 amide bonds. The molecule has 1 unspecified atom stereocenters. The Kier molecular flexibility index (Phi) is 4.90. The van der Waals surface area contributed by atoms with Gasteiger partial charge >= 0.3 is 0 Å². The van der Waals surface area contributed by atoms with Gasteiger partial charge in [-0.25, -0.2) is 4.39 Å². The first-order valence-corrected chi connectivity index (χ1v) is 5.59. The summed E-state index contributed by atoms with van der Waals surface area (Å²) in [6.07, 6.45) is 0.703. The Morgan fingerprint density at radius 1 is 1.56 bits per heavy atom. The van der Waals surface area contributed by atoms with E-state index >= 15 is 0 Å². The van der Waals surface area contributed by atoms with Gasteiger partial charge in [-0.2, -0.15) is 0 Å². The van der Waals surface area contributed by atoms with E-state index in [1.165, 1.54) is 6.07 Å². The lowest BCUT2D eigenvalue weighted by molar-refractivity contribution is -0.121. The zero-order valence-corrected chi connectivity index (χ0v) is 9.93. The molecule has 16 heavy (non-hydrogen) atoms. The second-order valence-corrected chi connectivity index (χ2v) is 4.24. The van der Waals surface area contributed by atoms with Crippen molar-refractivity contribution < 1.29 is 9.18 Å². The second kappa shape index (κ2) is 5.97. The number of halogens is 2. The van der Waals surface area contributed by atoms with E-state index in [2.05, 4.69) is 0 Å². The van der Waals surface area contributed by atoms with Crippen LogP contribution in [-0.2, 0) is 11.2 Å². The minimum absolute atomic E-state index is 0.00776. The van der Waals surface area contributed by atoms with E-state index in [1.807, 2.05) is 0 Å². The maximum Gasteiger partial charge on any atom is 0.145 e. The molecule has 0 aliphatic rings. The van der Waals surface area contributed by atoms with Gasteiger partial charge in [-0.1, -0.05) is 30.7 Å². The van der Waals surface area contributed by atoms with Gasteiger partial charge in [0.1, 0.15) is 11.6 Å². The number of carbonyl (C=O) groups excluding carboxylic acids is 1. The Bertz CT molecular complexity index is 381. The van der Waals surface area contributed by atoms with Crippen molar-refractivity contribution in [2.24, 2.45) is 11.7 Å². The first kappa shape index (κ1) is 13.1. The van der Waals surface area contributed by atoms with Gasteiger partial charge in [0.25, 0.3) is 0 Å². The summed E-state index contributed by atoms with van der Waals surface area (Å²) in [6, 6.07) is 4.68. The lowest BCUT2D eigenvalue weighted by atomic mass is 9.96. The monoisotopic (exact) mass is 243 g/mol. The third-order valence-electron chi connectivity index (χ3n) is 2.55. The van der Waals surface area contributed by atoms with Gasteiger partial charge in [0.15, 0.2) is 0 Å². The topological polar surface area (TPSA) is 43.1 Å². The summed E-state index contributed by atoms with van der Waals surface area (Å²) in [6.45, 7) is 2.27. The lowest BCUT2D eigenvalue weighted by Crippen LogP contribution is -2.18. The fraction of sp³-hybridized carbons (Fsp3) is 0.417. The van der Waals surface area contributed by atoms with Gasteiger partial charge in [0.2, 0.25) is 0 Å². The zero-order chi connectivity index (χ0) is 12.1. The summed E-state index contributed by atoms with van der Waals surface area (Å²) in [5, 5.41) is 0.0526. The second-order valence-electron chi connectivity index (χ2n) is 3.83. The van der Waals surface area contributed by atoms with Gasteiger partial charge < -0.3 is 5.73 Å². The number of Topliss-reactive ketones (excluding diaryl/α,β-unsaturated/α-hetero) is 1. The van der Waals surface area contributed by atoms with Crippen LogP contribution in [0.3, 0.4) is 0 Å². The average Bonchev–Trinajstić information content (AvgIpc) is 2.25. The van der Waals surface area contributed by atoms with Crippen molar-refractivity contribution in [3.05, 3.63) is 34.6 Å². The summed E-state index contributed by atoms with van der Waals surface area (Å²) in [7, 11) is 0. The van der Waals surface area contributed by atoms with Crippen molar-refractivity contribution in [1.82, 2.24) is 0 Å². The van der Waals surface area contributed by atoms with Gasteiger partial charge in [0.05, 0.1) is 5.02 Å². The summed E-state index contributed by atoms with van der Waals surface area (Å²) >= 11 is 5.63. The number of carbonyl (C=O) groups is 1. The summed E-state index contributed by atoms with van der Waals surface area (Å²) < 4.78 is 13.5. The van der Waals surface area contributed by atoms with Crippen LogP contribution in [0.25, 0.3) is 0 Å². The third-order valence-corrected chi connectivity index (χ3v) is 2.84. The van der Waals surface area contributed by atoms with Crippen LogP contribution in [0.5, 0.6) is 0 Å². The minimum Gasteiger partial charge on any atom is -0.330 e. The molecule has 1 aromatic rings. The molecule has 0 heterocycles. The Balaban J connectivity index is 2.73. The largest absolute Gasteiger partial charge is 0.330 e. The van der Waals surface area contributed by atoms with E-state index in [0.29, 0.717) is 18.5 Å². The van der Waals surface area contributed by atoms with Gasteiger partial charge in [-0.05, 0) is 24.6 Å². The normalized spacial score (nSPS) is 12.5. The smallest absolute Gasteiger partial charge is 0.145 e. The lowest BCUT2D eigenvalue weighted by Gasteiger charge is -2.09. The van der Waals surface area contributed by atoms with E-state index in [9.17, 15) is 9.18 Å². The highest BCUT2D eigenvalue weighted by Crippen LogP contribution is 2.19. The number of hydrogen-bond acceptors (Lipinski definition) is 2. The fourth-order valence-electron chi connectivity index (χ4n) is 1.46. The maximum absolute atomic E-state index is 13.5. The van der Waals surface area contributed by atoms with E-state index in [0.717, 1.165) is 0 Å². The van der Waals surface area contributed by atoms with Crippen LogP contribution in [0.4, 0.5) is 4.39 Å². The fourth-order valence-corrected chi connectivity index (χ4v) is 1.65. The molecule has 0 fully saturated rings. The Labute approximate surface area is 99.6 Å². The Morgan fingerprint density at radius 3 is 2.88 bits per heavy atom. The van der Waals surface area contributed by atoms with Crippen LogP contribution in [0, 0.1) is 11.7 Å². The number of ketones is 1. The van der Waals surface area contributed by atoms with Gasteiger partial charge in [-0.15, -0.1) is 0 Å². The van der Waals surface area contributed by atoms with Gasteiger partial charge in [-0.3, -0.25) is 4.79 Å². The Morgan fingerprint density at radius 2 is 2.25 bits per heavy atom. The first-order valence-electron chi connectivity index (χ1n) is 5.22. The highest BCUT2D eigenvalue weighted by atomic mass is 35.5. The van der Waals surface area contributed by atoms with Crippen LogP contribution >= 0.6 is 11.6 Å². The summed E-state index contributed by atoms with van der Waals surface area (Å²) in [5.74, 6) is -0.646. The summed E-state index contributed by atoms with van der Waals surface area (Å²) in [4.78, 5) is 11.7. The molecule has 0 saturated carbocycles. The predicted octanol–water partition coefficient (Wildman–Crippen LogP) is 2.58. The highest BCUT2D eigenvalue weighted by Gasteiger charge is 2.15. The molecule has 1 aromatic carbocycles. The molecule has 0 saturated heterocycles. The van der Waals surface area contributed by atoms with Crippen LogP contribution in [-0.4, -0.2) is 12.3 Å².